The summed E-state index contributed by atoms with van der Waals surface area (Å²) in [6.07, 6.45) is 59.3. The number of esters is 3. The van der Waals surface area contributed by atoms with Gasteiger partial charge in [-0.25, -0.2) is 0 Å². The highest BCUT2D eigenvalue weighted by Gasteiger charge is 2.36. The molecule has 0 aromatic rings. The van der Waals surface area contributed by atoms with E-state index in [0.717, 1.165) is 116 Å². The van der Waals surface area contributed by atoms with Crippen molar-refractivity contribution < 1.29 is 41.6 Å². The Balaban J connectivity index is 5.09. The minimum atomic E-state index is -4.34. The van der Waals surface area contributed by atoms with Crippen molar-refractivity contribution in [3.8, 4) is 0 Å². The summed E-state index contributed by atoms with van der Waals surface area (Å²) in [5.41, 5.74) is -1.40. The van der Waals surface area contributed by atoms with Crippen LogP contribution in [0.3, 0.4) is 0 Å². The van der Waals surface area contributed by atoms with E-state index in [4.69, 9.17) is 14.2 Å². The lowest BCUT2D eigenvalue weighted by atomic mass is 10.0. The van der Waals surface area contributed by atoms with Crippen LogP contribution in [0.1, 0.15) is 290 Å². The predicted octanol–water partition coefficient (Wildman–Crippen LogP) is 16.9. The van der Waals surface area contributed by atoms with E-state index in [1.165, 1.54) is 116 Å². The minimum Gasteiger partial charge on any atom is -0.463 e. The monoisotopic (exact) mass is 1020 g/mol. The first kappa shape index (κ1) is 68.5. The summed E-state index contributed by atoms with van der Waals surface area (Å²) in [7, 11) is -4.34. The number of rotatable bonds is 55. The third-order valence-corrected chi connectivity index (χ3v) is 14.0. The second-order valence-corrected chi connectivity index (χ2v) is 22.1. The van der Waals surface area contributed by atoms with Gasteiger partial charge in [-0.3, -0.25) is 18.9 Å². The zero-order valence-electron chi connectivity index (χ0n) is 46.3. The van der Waals surface area contributed by atoms with Crippen LogP contribution >= 0.6 is 0 Å². The van der Waals surface area contributed by atoms with Crippen LogP contribution in [0.2, 0.25) is 0 Å². The lowest BCUT2D eigenvalue weighted by Gasteiger charge is -2.33. The third kappa shape index (κ3) is 52.2. The summed E-state index contributed by atoms with van der Waals surface area (Å²) in [4.78, 5) is 39.2. The second-order valence-electron chi connectivity index (χ2n) is 20.5. The molecule has 0 heterocycles. The van der Waals surface area contributed by atoms with Crippen LogP contribution in [0, 0.1) is 0 Å². The first-order valence-electron chi connectivity index (χ1n) is 29.7. The quantitative estimate of drug-likeness (QED) is 0.0199. The molecule has 0 aromatic carbocycles. The summed E-state index contributed by atoms with van der Waals surface area (Å²) in [6.45, 7) is 5.60. The van der Waals surface area contributed by atoms with Crippen molar-refractivity contribution >= 4 is 28.0 Å². The van der Waals surface area contributed by atoms with Gasteiger partial charge in [0.05, 0.1) is 5.75 Å². The summed E-state index contributed by atoms with van der Waals surface area (Å²) >= 11 is 0. The van der Waals surface area contributed by atoms with Crippen molar-refractivity contribution in [1.29, 1.82) is 0 Å². The molecule has 0 unspecified atom stereocenters. The number of carbonyl (C=O) groups is 3. The van der Waals surface area contributed by atoms with Gasteiger partial charge < -0.3 is 19.5 Å². The predicted molar refractivity (Wildman–Crippen MR) is 298 cm³/mol. The third-order valence-electron chi connectivity index (χ3n) is 13.3. The van der Waals surface area contributed by atoms with Crippen molar-refractivity contribution in [3.05, 3.63) is 36.5 Å². The van der Waals surface area contributed by atoms with Crippen molar-refractivity contribution in [1.82, 2.24) is 5.32 Å². The van der Waals surface area contributed by atoms with E-state index in [2.05, 4.69) is 62.5 Å². The number of allylic oxidation sites excluding steroid dienone is 6. The molecule has 0 saturated heterocycles. The Labute approximate surface area is 437 Å². The SMILES string of the molecule is CCCCCCCC/C=C\CCCCCCCC(=O)OCC(COC(=O)CCCCCCC/C=C\CCCCCCCC)(COC(=O)CCCCCCC/C=C\CCCCCCCC)NCCS(=O)(=O)O. The van der Waals surface area contributed by atoms with Crippen molar-refractivity contribution in [2.45, 2.75) is 296 Å². The van der Waals surface area contributed by atoms with Gasteiger partial charge in [0.2, 0.25) is 0 Å². The lowest BCUT2D eigenvalue weighted by molar-refractivity contribution is -0.157. The van der Waals surface area contributed by atoms with Gasteiger partial charge in [-0.15, -0.1) is 0 Å². The van der Waals surface area contributed by atoms with E-state index >= 15 is 0 Å². The Hall–Kier alpha value is -2.50. The molecule has 2 N–H and O–H groups in total. The van der Waals surface area contributed by atoms with Gasteiger partial charge in [-0.05, 0) is 96.3 Å². The Morgan fingerprint density at radius 1 is 0.380 bits per heavy atom. The molecule has 11 heteroatoms. The average Bonchev–Trinajstić information content (AvgIpc) is 3.35. The molecule has 0 aliphatic heterocycles. The van der Waals surface area contributed by atoms with Crippen LogP contribution in [0.15, 0.2) is 36.5 Å². The molecule has 0 saturated carbocycles. The molecule has 71 heavy (non-hydrogen) atoms. The van der Waals surface area contributed by atoms with E-state index in [-0.39, 0.29) is 45.6 Å². The van der Waals surface area contributed by atoms with E-state index in [1.807, 2.05) is 0 Å². The zero-order chi connectivity index (χ0) is 52.0. The average molecular weight is 1020 g/mol. The highest BCUT2D eigenvalue weighted by atomic mass is 32.2. The van der Waals surface area contributed by atoms with E-state index in [0.29, 0.717) is 19.3 Å². The van der Waals surface area contributed by atoms with Gasteiger partial charge in [0, 0.05) is 25.8 Å². The highest BCUT2D eigenvalue weighted by Crippen LogP contribution is 2.17. The number of hydrogen-bond donors (Lipinski definition) is 2. The second kappa shape index (κ2) is 52.4. The lowest BCUT2D eigenvalue weighted by Crippen LogP contribution is -2.58. The summed E-state index contributed by atoms with van der Waals surface area (Å²) in [5, 5.41) is 3.03. The molecule has 0 aliphatic rings. The Morgan fingerprint density at radius 2 is 0.606 bits per heavy atom. The van der Waals surface area contributed by atoms with Crippen LogP contribution in [0.4, 0.5) is 0 Å². The fourth-order valence-electron chi connectivity index (χ4n) is 8.62. The molecule has 0 spiro atoms. The minimum absolute atomic E-state index is 0.212. The molecular weight excluding hydrogens is 911 g/mol. The zero-order valence-corrected chi connectivity index (χ0v) is 47.1. The molecule has 0 rings (SSSR count). The Kier molecular flexibility index (Phi) is 50.5. The van der Waals surface area contributed by atoms with Crippen molar-refractivity contribution in [3.63, 3.8) is 0 Å². The smallest absolute Gasteiger partial charge is 0.305 e. The first-order valence-corrected chi connectivity index (χ1v) is 31.3. The topological polar surface area (TPSA) is 145 Å². The maximum absolute atomic E-state index is 13.1. The van der Waals surface area contributed by atoms with Crippen LogP contribution < -0.4 is 5.32 Å². The van der Waals surface area contributed by atoms with Crippen molar-refractivity contribution in [2.24, 2.45) is 0 Å². The van der Waals surface area contributed by atoms with Gasteiger partial charge in [0.15, 0.2) is 0 Å². The molecule has 0 aliphatic carbocycles. The standard InChI is InChI=1S/C60H111NO9S/c1-4-7-10-13-16-19-22-25-28-31-34-37-40-43-46-49-57(62)68-54-60(61-52-53-71(65,66)67,55-69-58(63)50-47-44-41-38-35-32-29-26-23-20-17-14-11-8-5-2)56-70-59(64)51-48-45-42-39-36-33-30-27-24-21-18-15-12-9-6-3/h25-30,61H,4-24,31-56H2,1-3H3,(H,65,66,67)/b28-25-,29-26-,30-27-. The maximum atomic E-state index is 13.1. The largest absolute Gasteiger partial charge is 0.463 e. The molecule has 0 fully saturated rings. The van der Waals surface area contributed by atoms with Crippen LogP contribution in [0.25, 0.3) is 0 Å². The maximum Gasteiger partial charge on any atom is 0.305 e. The fourth-order valence-corrected chi connectivity index (χ4v) is 8.98. The molecule has 0 atom stereocenters. The van der Waals surface area contributed by atoms with E-state index in [9.17, 15) is 27.4 Å². The highest BCUT2D eigenvalue weighted by molar-refractivity contribution is 7.85. The molecule has 416 valence electrons. The number of carbonyl (C=O) groups excluding carboxylic acids is 3. The summed E-state index contributed by atoms with van der Waals surface area (Å²) in [5.74, 6) is -1.91. The van der Waals surface area contributed by atoms with E-state index in [1.54, 1.807) is 0 Å². The van der Waals surface area contributed by atoms with Gasteiger partial charge in [-0.2, -0.15) is 8.42 Å². The molecular formula is C60H111NO9S. The number of hydrogen-bond acceptors (Lipinski definition) is 9. The molecule has 0 bridgehead atoms. The van der Waals surface area contributed by atoms with Crippen LogP contribution in [-0.4, -0.2) is 68.5 Å². The normalized spacial score (nSPS) is 12.2. The fraction of sp³-hybridized carbons (Fsp3) is 0.850. The summed E-state index contributed by atoms with van der Waals surface area (Å²) in [6, 6.07) is 0. The molecule has 10 nitrogen and oxygen atoms in total. The summed E-state index contributed by atoms with van der Waals surface area (Å²) < 4.78 is 50.2. The number of unbranched alkanes of at least 4 members (excludes halogenated alkanes) is 33. The Morgan fingerprint density at radius 3 is 0.845 bits per heavy atom. The first-order chi connectivity index (χ1) is 34.6. The van der Waals surface area contributed by atoms with Crippen LogP contribution in [0.5, 0.6) is 0 Å². The van der Waals surface area contributed by atoms with Gasteiger partial charge in [0.25, 0.3) is 10.1 Å². The molecule has 0 radical (unpaired) electrons. The van der Waals surface area contributed by atoms with Gasteiger partial charge in [-0.1, -0.05) is 211 Å². The van der Waals surface area contributed by atoms with Gasteiger partial charge in [0.1, 0.15) is 25.4 Å². The number of ether oxygens (including phenoxy) is 3. The number of nitrogens with one attached hydrogen (secondary N) is 1. The Bertz CT molecular complexity index is 1280. The van der Waals surface area contributed by atoms with E-state index < -0.39 is 39.3 Å². The van der Waals surface area contributed by atoms with Gasteiger partial charge >= 0.3 is 17.9 Å². The van der Waals surface area contributed by atoms with Crippen LogP contribution in [-0.2, 0) is 38.7 Å². The van der Waals surface area contributed by atoms with Crippen molar-refractivity contribution in [2.75, 3.05) is 32.1 Å². The molecule has 0 amide bonds. The molecule has 0 aromatic heterocycles.